The lowest BCUT2D eigenvalue weighted by molar-refractivity contribution is 0.0976. The molecule has 0 N–H and O–H groups in total. The van der Waals surface area contributed by atoms with E-state index in [-0.39, 0.29) is 0 Å². The molecule has 1 heterocycles. The second-order valence-corrected chi connectivity index (χ2v) is 6.25. The van der Waals surface area contributed by atoms with Gasteiger partial charge in [-0.05, 0) is 37.6 Å². The van der Waals surface area contributed by atoms with Crippen LogP contribution in [0.15, 0.2) is 28.7 Å². The molecule has 92 valence electrons. The number of halogens is 1. The van der Waals surface area contributed by atoms with E-state index in [1.165, 1.54) is 49.1 Å². The Morgan fingerprint density at radius 3 is 2.41 bits per heavy atom. The van der Waals surface area contributed by atoms with Crippen LogP contribution in [0.25, 0.3) is 0 Å². The fraction of sp³-hybridized carbons (Fsp3) is 0.571. The summed E-state index contributed by atoms with van der Waals surface area (Å²) in [7, 11) is 2.22. The van der Waals surface area contributed by atoms with Crippen LogP contribution >= 0.6 is 15.9 Å². The molecule has 2 aliphatic rings. The minimum absolute atomic E-state index is 0.366. The highest BCUT2D eigenvalue weighted by molar-refractivity contribution is 9.10. The van der Waals surface area contributed by atoms with Crippen molar-refractivity contribution in [2.45, 2.75) is 18.4 Å². The highest BCUT2D eigenvalue weighted by Gasteiger charge is 2.49. The van der Waals surface area contributed by atoms with E-state index >= 15 is 0 Å². The number of nitrogens with zero attached hydrogens (tertiary/aromatic N) is 2. The molecule has 2 nitrogen and oxygen atoms in total. The lowest BCUT2D eigenvalue weighted by Crippen LogP contribution is -2.49. The van der Waals surface area contributed by atoms with E-state index in [1.54, 1.807) is 0 Å². The Morgan fingerprint density at radius 2 is 1.82 bits per heavy atom. The van der Waals surface area contributed by atoms with E-state index in [0.29, 0.717) is 5.54 Å². The molecule has 0 bridgehead atoms. The molecule has 1 aromatic carbocycles. The summed E-state index contributed by atoms with van der Waals surface area (Å²) in [5.74, 6) is 0. The maximum Gasteiger partial charge on any atom is 0.0463 e. The Kier molecular flexibility index (Phi) is 3.01. The van der Waals surface area contributed by atoms with Gasteiger partial charge in [-0.3, -0.25) is 4.90 Å². The number of likely N-dealkylation sites (N-methyl/N-ethyl adjacent to an activating group) is 1. The van der Waals surface area contributed by atoms with Crippen LogP contribution in [0.5, 0.6) is 0 Å². The molecule has 1 aliphatic carbocycles. The lowest BCUT2D eigenvalue weighted by Gasteiger charge is -2.38. The Morgan fingerprint density at radius 1 is 1.12 bits per heavy atom. The highest BCUT2D eigenvalue weighted by atomic mass is 79.9. The van der Waals surface area contributed by atoms with Gasteiger partial charge in [-0.1, -0.05) is 28.1 Å². The third kappa shape index (κ3) is 2.16. The molecule has 0 amide bonds. The Hall–Kier alpha value is -0.380. The van der Waals surface area contributed by atoms with Crippen LogP contribution in [0, 0.1) is 0 Å². The Balaban J connectivity index is 1.82. The van der Waals surface area contributed by atoms with Gasteiger partial charge in [0.15, 0.2) is 0 Å². The third-order valence-electron chi connectivity index (χ3n) is 4.19. The van der Waals surface area contributed by atoms with Crippen molar-refractivity contribution in [2.75, 3.05) is 33.2 Å². The first-order chi connectivity index (χ1) is 8.21. The van der Waals surface area contributed by atoms with Crippen molar-refractivity contribution in [3.8, 4) is 0 Å². The van der Waals surface area contributed by atoms with Crippen molar-refractivity contribution in [3.05, 3.63) is 34.3 Å². The highest BCUT2D eigenvalue weighted by Crippen LogP contribution is 2.51. The van der Waals surface area contributed by atoms with Gasteiger partial charge in [0.05, 0.1) is 0 Å². The molecule has 0 atom stereocenters. The number of rotatable bonds is 2. The molecule has 0 spiro atoms. The van der Waals surface area contributed by atoms with E-state index in [0.717, 1.165) is 0 Å². The fourth-order valence-electron chi connectivity index (χ4n) is 2.92. The molecular formula is C14H19BrN2. The van der Waals surface area contributed by atoms with Gasteiger partial charge >= 0.3 is 0 Å². The standard InChI is InChI=1S/C14H19BrN2/c1-16-7-9-17(10-8-16)14(5-6-14)12-3-2-4-13(15)11-12/h2-4,11H,5-10H2,1H3. The minimum Gasteiger partial charge on any atom is -0.304 e. The number of piperazine rings is 1. The first kappa shape index (κ1) is 11.7. The van der Waals surface area contributed by atoms with Crippen LogP contribution < -0.4 is 0 Å². The normalized spacial score (nSPS) is 24.8. The molecule has 0 unspecified atom stereocenters. The maximum atomic E-state index is 3.59. The van der Waals surface area contributed by atoms with Gasteiger partial charge in [-0.15, -0.1) is 0 Å². The van der Waals surface area contributed by atoms with Gasteiger partial charge in [0, 0.05) is 36.2 Å². The van der Waals surface area contributed by atoms with Gasteiger partial charge < -0.3 is 4.90 Å². The summed E-state index contributed by atoms with van der Waals surface area (Å²) in [6, 6.07) is 8.86. The van der Waals surface area contributed by atoms with E-state index in [2.05, 4.69) is 57.0 Å². The summed E-state index contributed by atoms with van der Waals surface area (Å²) in [5.41, 5.74) is 1.86. The Labute approximate surface area is 112 Å². The van der Waals surface area contributed by atoms with Crippen LogP contribution in [0.3, 0.4) is 0 Å². The zero-order valence-corrected chi connectivity index (χ0v) is 11.9. The number of benzene rings is 1. The van der Waals surface area contributed by atoms with E-state index < -0.39 is 0 Å². The van der Waals surface area contributed by atoms with Crippen molar-refractivity contribution in [3.63, 3.8) is 0 Å². The molecule has 3 heteroatoms. The maximum absolute atomic E-state index is 3.59. The zero-order chi connectivity index (χ0) is 11.9. The average Bonchev–Trinajstić information content (AvgIpc) is 3.11. The van der Waals surface area contributed by atoms with E-state index in [9.17, 15) is 0 Å². The predicted octanol–water partition coefficient (Wildman–Crippen LogP) is 2.69. The van der Waals surface area contributed by atoms with Crippen LogP contribution in [-0.2, 0) is 5.54 Å². The Bertz CT molecular complexity index is 406. The van der Waals surface area contributed by atoms with Gasteiger partial charge in [-0.25, -0.2) is 0 Å². The van der Waals surface area contributed by atoms with Crippen molar-refractivity contribution < 1.29 is 0 Å². The van der Waals surface area contributed by atoms with Crippen molar-refractivity contribution >= 4 is 15.9 Å². The van der Waals surface area contributed by atoms with Crippen molar-refractivity contribution in [1.82, 2.24) is 9.80 Å². The zero-order valence-electron chi connectivity index (χ0n) is 10.3. The molecular weight excluding hydrogens is 276 g/mol. The summed E-state index contributed by atoms with van der Waals surface area (Å²) < 4.78 is 1.20. The monoisotopic (exact) mass is 294 g/mol. The second-order valence-electron chi connectivity index (χ2n) is 5.33. The molecule has 1 aromatic rings. The molecule has 1 saturated carbocycles. The first-order valence-electron chi connectivity index (χ1n) is 6.40. The summed E-state index contributed by atoms with van der Waals surface area (Å²) >= 11 is 3.59. The van der Waals surface area contributed by atoms with Crippen LogP contribution in [0.2, 0.25) is 0 Å². The minimum atomic E-state index is 0.366. The van der Waals surface area contributed by atoms with Gasteiger partial charge in [0.2, 0.25) is 0 Å². The lowest BCUT2D eigenvalue weighted by atomic mass is 10.0. The topological polar surface area (TPSA) is 6.48 Å². The van der Waals surface area contributed by atoms with Crippen molar-refractivity contribution in [2.24, 2.45) is 0 Å². The average molecular weight is 295 g/mol. The first-order valence-corrected chi connectivity index (χ1v) is 7.20. The van der Waals surface area contributed by atoms with E-state index in [4.69, 9.17) is 0 Å². The number of hydrogen-bond donors (Lipinski definition) is 0. The molecule has 1 saturated heterocycles. The van der Waals surface area contributed by atoms with Crippen LogP contribution in [-0.4, -0.2) is 43.0 Å². The fourth-order valence-corrected chi connectivity index (χ4v) is 3.32. The molecule has 3 rings (SSSR count). The summed E-state index contributed by atoms with van der Waals surface area (Å²) in [4.78, 5) is 5.11. The molecule has 0 aromatic heterocycles. The summed E-state index contributed by atoms with van der Waals surface area (Å²) in [6.45, 7) is 4.83. The second kappa shape index (κ2) is 4.38. The van der Waals surface area contributed by atoms with Gasteiger partial charge in [0.1, 0.15) is 0 Å². The largest absolute Gasteiger partial charge is 0.304 e. The van der Waals surface area contributed by atoms with Crippen LogP contribution in [0.4, 0.5) is 0 Å². The summed E-state index contributed by atoms with van der Waals surface area (Å²) in [5, 5.41) is 0. The smallest absolute Gasteiger partial charge is 0.0463 e. The quantitative estimate of drug-likeness (QED) is 0.827. The number of hydrogen-bond acceptors (Lipinski definition) is 2. The van der Waals surface area contributed by atoms with Gasteiger partial charge in [-0.2, -0.15) is 0 Å². The molecule has 2 fully saturated rings. The summed E-state index contributed by atoms with van der Waals surface area (Å²) in [6.07, 6.45) is 2.65. The molecule has 1 aliphatic heterocycles. The third-order valence-corrected chi connectivity index (χ3v) is 4.69. The predicted molar refractivity (Wildman–Crippen MR) is 74.1 cm³/mol. The van der Waals surface area contributed by atoms with Gasteiger partial charge in [0.25, 0.3) is 0 Å². The molecule has 0 radical (unpaired) electrons. The SMILES string of the molecule is CN1CCN(C2(c3cccc(Br)c3)CC2)CC1. The van der Waals surface area contributed by atoms with Crippen molar-refractivity contribution in [1.29, 1.82) is 0 Å². The van der Waals surface area contributed by atoms with Crippen LogP contribution in [0.1, 0.15) is 18.4 Å². The van der Waals surface area contributed by atoms with E-state index in [1.807, 2.05) is 0 Å². The molecule has 17 heavy (non-hydrogen) atoms.